The molecule has 0 aliphatic carbocycles. The number of aromatic nitrogens is 3. The van der Waals surface area contributed by atoms with Gasteiger partial charge in [0.15, 0.2) is 0 Å². The Bertz CT molecular complexity index is 1200. The lowest BCUT2D eigenvalue weighted by Gasteiger charge is -2.13. The van der Waals surface area contributed by atoms with E-state index in [0.717, 1.165) is 28.0 Å². The number of hydrogen-bond acceptors (Lipinski definition) is 7. The van der Waals surface area contributed by atoms with E-state index in [0.29, 0.717) is 23.7 Å². The summed E-state index contributed by atoms with van der Waals surface area (Å²) in [7, 11) is 4.60. The van der Waals surface area contributed by atoms with Gasteiger partial charge in [-0.3, -0.25) is 4.40 Å². The number of carbonyl (C=O) groups is 1. The monoisotopic (exact) mass is 392 g/mol. The van der Waals surface area contributed by atoms with Crippen LogP contribution in [0, 0.1) is 0 Å². The van der Waals surface area contributed by atoms with Crippen LogP contribution in [-0.2, 0) is 11.3 Å². The van der Waals surface area contributed by atoms with Gasteiger partial charge in [-0.25, -0.2) is 14.8 Å². The first-order valence-corrected chi connectivity index (χ1v) is 8.94. The van der Waals surface area contributed by atoms with Crippen LogP contribution in [-0.4, -0.2) is 41.7 Å². The summed E-state index contributed by atoms with van der Waals surface area (Å²) in [6.45, 7) is 0.499. The minimum absolute atomic E-state index is 0.398. The molecule has 0 saturated carbocycles. The van der Waals surface area contributed by atoms with Gasteiger partial charge in [0.25, 0.3) is 0 Å². The van der Waals surface area contributed by atoms with E-state index in [9.17, 15) is 4.79 Å². The Kier molecular flexibility index (Phi) is 4.90. The highest BCUT2D eigenvalue weighted by atomic mass is 16.5. The summed E-state index contributed by atoms with van der Waals surface area (Å²) in [6.07, 6.45) is 3.51. The van der Waals surface area contributed by atoms with Gasteiger partial charge >= 0.3 is 5.97 Å². The Morgan fingerprint density at radius 2 is 1.97 bits per heavy atom. The van der Waals surface area contributed by atoms with Crippen molar-refractivity contribution < 1.29 is 19.0 Å². The molecule has 2 aromatic carbocycles. The fourth-order valence-corrected chi connectivity index (χ4v) is 3.20. The summed E-state index contributed by atoms with van der Waals surface area (Å²) < 4.78 is 17.4. The summed E-state index contributed by atoms with van der Waals surface area (Å²) in [5, 5.41) is 4.11. The maximum Gasteiger partial charge on any atom is 0.337 e. The largest absolute Gasteiger partial charge is 0.497 e. The summed E-state index contributed by atoms with van der Waals surface area (Å²) in [5.74, 6) is 1.69. The number of anilines is 1. The number of fused-ring (bicyclic) bond motifs is 3. The molecule has 0 aliphatic rings. The molecule has 2 aromatic heterocycles. The molecule has 0 aliphatic heterocycles. The zero-order valence-corrected chi connectivity index (χ0v) is 16.3. The van der Waals surface area contributed by atoms with Gasteiger partial charge in [0, 0.05) is 36.0 Å². The summed E-state index contributed by atoms with van der Waals surface area (Å²) in [5.41, 5.74) is 2.84. The van der Waals surface area contributed by atoms with E-state index in [2.05, 4.69) is 10.3 Å². The number of rotatable bonds is 6. The summed E-state index contributed by atoms with van der Waals surface area (Å²) in [6, 6.07) is 10.9. The molecule has 0 bridgehead atoms. The quantitative estimate of drug-likeness (QED) is 0.504. The van der Waals surface area contributed by atoms with E-state index in [-0.39, 0.29) is 0 Å². The van der Waals surface area contributed by atoms with Gasteiger partial charge in [-0.05, 0) is 30.3 Å². The number of hydrogen-bond donors (Lipinski definition) is 1. The molecule has 0 fully saturated rings. The van der Waals surface area contributed by atoms with Gasteiger partial charge in [-0.1, -0.05) is 0 Å². The van der Waals surface area contributed by atoms with Crippen LogP contribution >= 0.6 is 0 Å². The average molecular weight is 392 g/mol. The second kappa shape index (κ2) is 7.67. The molecule has 2 heterocycles. The van der Waals surface area contributed by atoms with Crippen LogP contribution in [0.4, 0.5) is 5.95 Å². The highest BCUT2D eigenvalue weighted by Gasteiger charge is 2.13. The van der Waals surface area contributed by atoms with E-state index >= 15 is 0 Å². The SMILES string of the molecule is COC(=O)c1ccc2nc(NCc3ccc(OC)cc3OC)n3ccnc3c2c1. The van der Waals surface area contributed by atoms with Gasteiger partial charge < -0.3 is 19.5 Å². The Balaban J connectivity index is 1.71. The molecule has 148 valence electrons. The lowest BCUT2D eigenvalue weighted by Crippen LogP contribution is -2.08. The normalized spacial score (nSPS) is 10.9. The van der Waals surface area contributed by atoms with Crippen molar-refractivity contribution in [3.8, 4) is 11.5 Å². The van der Waals surface area contributed by atoms with Crippen LogP contribution < -0.4 is 14.8 Å². The molecular formula is C21H20N4O4. The van der Waals surface area contributed by atoms with E-state index in [1.807, 2.05) is 28.8 Å². The number of methoxy groups -OCH3 is 3. The second-order valence-electron chi connectivity index (χ2n) is 6.31. The van der Waals surface area contributed by atoms with Crippen molar-refractivity contribution >= 4 is 28.5 Å². The molecule has 0 radical (unpaired) electrons. The van der Waals surface area contributed by atoms with Crippen LogP contribution in [0.15, 0.2) is 48.8 Å². The van der Waals surface area contributed by atoms with E-state index in [1.165, 1.54) is 7.11 Å². The lowest BCUT2D eigenvalue weighted by molar-refractivity contribution is 0.0601. The maximum atomic E-state index is 11.9. The minimum Gasteiger partial charge on any atom is -0.497 e. The van der Waals surface area contributed by atoms with Crippen molar-refractivity contribution in [3.63, 3.8) is 0 Å². The van der Waals surface area contributed by atoms with Crippen molar-refractivity contribution in [2.24, 2.45) is 0 Å². The van der Waals surface area contributed by atoms with E-state index < -0.39 is 5.97 Å². The van der Waals surface area contributed by atoms with Crippen molar-refractivity contribution in [2.75, 3.05) is 26.6 Å². The second-order valence-corrected chi connectivity index (χ2v) is 6.31. The van der Waals surface area contributed by atoms with Crippen molar-refractivity contribution in [1.82, 2.24) is 14.4 Å². The van der Waals surface area contributed by atoms with Crippen molar-refractivity contribution in [2.45, 2.75) is 6.54 Å². The Hall–Kier alpha value is -3.81. The molecule has 8 nitrogen and oxygen atoms in total. The molecule has 0 amide bonds. The highest BCUT2D eigenvalue weighted by molar-refractivity contribution is 5.99. The molecular weight excluding hydrogens is 372 g/mol. The number of carbonyl (C=O) groups excluding carboxylic acids is 1. The topological polar surface area (TPSA) is 87.0 Å². The Morgan fingerprint density at radius 3 is 2.72 bits per heavy atom. The molecule has 4 rings (SSSR count). The standard InChI is InChI=1S/C21H20N4O4/c1-27-15-6-4-14(18(11-15)28-2)12-23-21-24-17-7-5-13(20(26)29-3)10-16(17)19-22-8-9-25(19)21/h4-11H,12H2,1-3H3,(H,23,24). The number of imidazole rings is 1. The van der Waals surface area contributed by atoms with Gasteiger partial charge in [0.05, 0.1) is 32.4 Å². The van der Waals surface area contributed by atoms with E-state index in [4.69, 9.17) is 19.2 Å². The predicted octanol–water partition coefficient (Wildman–Crippen LogP) is 3.30. The Morgan fingerprint density at radius 1 is 1.10 bits per heavy atom. The minimum atomic E-state index is -0.398. The van der Waals surface area contributed by atoms with Crippen LogP contribution in [0.3, 0.4) is 0 Å². The first-order valence-electron chi connectivity index (χ1n) is 8.94. The first kappa shape index (κ1) is 18.5. The first-order chi connectivity index (χ1) is 14.1. The molecule has 0 saturated heterocycles. The molecule has 0 spiro atoms. The average Bonchev–Trinajstić information content (AvgIpc) is 3.27. The van der Waals surface area contributed by atoms with Crippen molar-refractivity contribution in [1.29, 1.82) is 0 Å². The molecule has 0 unspecified atom stereocenters. The zero-order valence-electron chi connectivity index (χ0n) is 16.3. The van der Waals surface area contributed by atoms with Crippen LogP contribution in [0.25, 0.3) is 16.6 Å². The third-order valence-electron chi connectivity index (χ3n) is 4.69. The molecule has 8 heteroatoms. The molecule has 29 heavy (non-hydrogen) atoms. The predicted molar refractivity (Wildman–Crippen MR) is 109 cm³/mol. The third kappa shape index (κ3) is 3.40. The van der Waals surface area contributed by atoms with Gasteiger partial charge in [-0.2, -0.15) is 0 Å². The lowest BCUT2D eigenvalue weighted by atomic mass is 10.1. The number of benzene rings is 2. The number of esters is 1. The fraction of sp³-hybridized carbons (Fsp3) is 0.190. The molecule has 1 N–H and O–H groups in total. The van der Waals surface area contributed by atoms with Crippen LogP contribution in [0.2, 0.25) is 0 Å². The molecule has 0 atom stereocenters. The smallest absolute Gasteiger partial charge is 0.337 e. The van der Waals surface area contributed by atoms with Crippen LogP contribution in [0.5, 0.6) is 11.5 Å². The number of nitrogens with one attached hydrogen (secondary N) is 1. The molecule has 4 aromatic rings. The Labute approximate surface area is 167 Å². The van der Waals surface area contributed by atoms with Crippen LogP contribution in [0.1, 0.15) is 15.9 Å². The number of ether oxygens (including phenoxy) is 3. The van der Waals surface area contributed by atoms with E-state index in [1.54, 1.807) is 38.6 Å². The highest BCUT2D eigenvalue weighted by Crippen LogP contribution is 2.26. The zero-order chi connectivity index (χ0) is 20.4. The third-order valence-corrected chi connectivity index (χ3v) is 4.69. The van der Waals surface area contributed by atoms with Gasteiger partial charge in [-0.15, -0.1) is 0 Å². The summed E-state index contributed by atoms with van der Waals surface area (Å²) >= 11 is 0. The maximum absolute atomic E-state index is 11.9. The summed E-state index contributed by atoms with van der Waals surface area (Å²) in [4.78, 5) is 21.0. The van der Waals surface area contributed by atoms with Crippen molar-refractivity contribution in [3.05, 3.63) is 59.9 Å². The van der Waals surface area contributed by atoms with Gasteiger partial charge in [0.2, 0.25) is 5.95 Å². The fourth-order valence-electron chi connectivity index (χ4n) is 3.20. The van der Waals surface area contributed by atoms with Gasteiger partial charge in [0.1, 0.15) is 17.1 Å². The number of nitrogens with zero attached hydrogens (tertiary/aromatic N) is 3.